The van der Waals surface area contributed by atoms with Crippen LogP contribution in [0.15, 0.2) is 16.7 Å². The summed E-state index contributed by atoms with van der Waals surface area (Å²) in [5, 5.41) is -0.187. The Bertz CT molecular complexity index is 477. The molecular formula is C8H5ClF2N2OS. The lowest BCUT2D eigenvalue weighted by Crippen LogP contribution is -2.03. The molecule has 0 aliphatic carbocycles. The SMILES string of the molecule is Cc1ccc(-c2noc(C(F)(F)Cl)n2)s1. The second-order valence-electron chi connectivity index (χ2n) is 2.83. The van der Waals surface area contributed by atoms with E-state index in [-0.39, 0.29) is 5.82 Å². The van der Waals surface area contributed by atoms with E-state index in [4.69, 9.17) is 11.6 Å². The van der Waals surface area contributed by atoms with E-state index < -0.39 is 11.3 Å². The number of rotatable bonds is 2. The van der Waals surface area contributed by atoms with Crippen molar-refractivity contribution >= 4 is 22.9 Å². The van der Waals surface area contributed by atoms with Gasteiger partial charge < -0.3 is 4.52 Å². The molecule has 0 saturated heterocycles. The molecule has 0 atom stereocenters. The maximum absolute atomic E-state index is 12.6. The molecule has 0 N–H and O–H groups in total. The first kappa shape index (κ1) is 10.5. The second-order valence-corrected chi connectivity index (χ2v) is 4.59. The van der Waals surface area contributed by atoms with Gasteiger partial charge in [-0.2, -0.15) is 13.8 Å². The van der Waals surface area contributed by atoms with E-state index in [9.17, 15) is 8.78 Å². The molecule has 0 aliphatic heterocycles. The number of hydrogen-bond acceptors (Lipinski definition) is 4. The quantitative estimate of drug-likeness (QED) is 0.767. The third-order valence-corrected chi connectivity index (χ3v) is 2.79. The van der Waals surface area contributed by atoms with Crippen molar-refractivity contribution in [2.75, 3.05) is 0 Å². The van der Waals surface area contributed by atoms with E-state index in [0.29, 0.717) is 4.88 Å². The molecule has 7 heteroatoms. The summed E-state index contributed by atoms with van der Waals surface area (Å²) in [5.74, 6) is -0.756. The van der Waals surface area contributed by atoms with Crippen molar-refractivity contribution in [3.63, 3.8) is 0 Å². The van der Waals surface area contributed by atoms with Crippen LogP contribution >= 0.6 is 22.9 Å². The summed E-state index contributed by atoms with van der Waals surface area (Å²) in [6.45, 7) is 1.89. The van der Waals surface area contributed by atoms with E-state index in [1.54, 1.807) is 6.07 Å². The maximum atomic E-state index is 12.6. The minimum atomic E-state index is -3.61. The van der Waals surface area contributed by atoms with Crippen LogP contribution < -0.4 is 0 Å². The minimum Gasteiger partial charge on any atom is -0.331 e. The molecule has 2 aromatic heterocycles. The average Bonchev–Trinajstić information content (AvgIpc) is 2.69. The molecule has 0 bridgehead atoms. The van der Waals surface area contributed by atoms with Gasteiger partial charge in [0, 0.05) is 4.88 Å². The fourth-order valence-electron chi connectivity index (χ4n) is 0.993. The number of aromatic nitrogens is 2. The molecule has 2 rings (SSSR count). The van der Waals surface area contributed by atoms with Gasteiger partial charge in [-0.3, -0.25) is 0 Å². The summed E-state index contributed by atoms with van der Waals surface area (Å²) in [6, 6.07) is 3.58. The first-order chi connectivity index (χ1) is 6.97. The zero-order chi connectivity index (χ0) is 11.1. The topological polar surface area (TPSA) is 38.9 Å². The highest BCUT2D eigenvalue weighted by molar-refractivity contribution is 7.15. The van der Waals surface area contributed by atoms with Gasteiger partial charge in [0.05, 0.1) is 4.88 Å². The van der Waals surface area contributed by atoms with Gasteiger partial charge in [-0.1, -0.05) is 5.16 Å². The lowest BCUT2D eigenvalue weighted by atomic mass is 10.4. The molecule has 15 heavy (non-hydrogen) atoms. The van der Waals surface area contributed by atoms with Crippen LogP contribution in [0.5, 0.6) is 0 Å². The third kappa shape index (κ3) is 2.15. The first-order valence-corrected chi connectivity index (χ1v) is 5.14. The minimum absolute atomic E-state index is 0.128. The van der Waals surface area contributed by atoms with Crippen LogP contribution in [-0.2, 0) is 5.38 Å². The van der Waals surface area contributed by atoms with Crippen molar-refractivity contribution in [2.45, 2.75) is 12.3 Å². The van der Waals surface area contributed by atoms with E-state index in [1.165, 1.54) is 11.3 Å². The molecule has 2 aromatic rings. The first-order valence-electron chi connectivity index (χ1n) is 3.94. The molecule has 0 amide bonds. The molecule has 0 aromatic carbocycles. The molecule has 0 aliphatic rings. The van der Waals surface area contributed by atoms with E-state index in [2.05, 4.69) is 14.7 Å². The number of aryl methyl sites for hydroxylation is 1. The Hall–Kier alpha value is -1.01. The normalized spacial score (nSPS) is 12.0. The molecule has 80 valence electrons. The van der Waals surface area contributed by atoms with Crippen molar-refractivity contribution in [1.29, 1.82) is 0 Å². The molecule has 2 heterocycles. The van der Waals surface area contributed by atoms with Gasteiger partial charge in [-0.15, -0.1) is 11.3 Å². The Labute approximate surface area is 92.7 Å². The van der Waals surface area contributed by atoms with Crippen LogP contribution in [0.4, 0.5) is 8.78 Å². The van der Waals surface area contributed by atoms with Gasteiger partial charge in [0.25, 0.3) is 0 Å². The van der Waals surface area contributed by atoms with Crippen molar-refractivity contribution in [2.24, 2.45) is 0 Å². The lowest BCUT2D eigenvalue weighted by molar-refractivity contribution is 0.0551. The highest BCUT2D eigenvalue weighted by Crippen LogP contribution is 2.33. The van der Waals surface area contributed by atoms with E-state index in [0.717, 1.165) is 4.88 Å². The maximum Gasteiger partial charge on any atom is 0.400 e. The number of halogens is 3. The molecule has 0 radical (unpaired) electrons. The predicted molar refractivity (Wildman–Crippen MR) is 52.1 cm³/mol. The number of nitrogens with zero attached hydrogens (tertiary/aromatic N) is 2. The van der Waals surface area contributed by atoms with Crippen LogP contribution in [0, 0.1) is 6.92 Å². The highest BCUT2D eigenvalue weighted by Gasteiger charge is 2.35. The number of hydrogen-bond donors (Lipinski definition) is 0. The van der Waals surface area contributed by atoms with Crippen LogP contribution in [0.2, 0.25) is 0 Å². The van der Waals surface area contributed by atoms with Gasteiger partial charge in [-0.25, -0.2) is 0 Å². The van der Waals surface area contributed by atoms with Gasteiger partial charge in [0.15, 0.2) is 0 Å². The van der Waals surface area contributed by atoms with Gasteiger partial charge >= 0.3 is 11.3 Å². The van der Waals surface area contributed by atoms with Crippen LogP contribution in [0.25, 0.3) is 10.7 Å². The average molecular weight is 251 g/mol. The Kier molecular flexibility index (Phi) is 2.47. The standard InChI is InChI=1S/C8H5ClF2N2OS/c1-4-2-3-5(15-4)6-12-7(14-13-6)8(9,10)11/h2-3H,1H3. The Morgan fingerprint density at radius 2 is 2.20 bits per heavy atom. The van der Waals surface area contributed by atoms with Crippen molar-refractivity contribution in [1.82, 2.24) is 10.1 Å². The Morgan fingerprint density at radius 1 is 1.47 bits per heavy atom. The van der Waals surface area contributed by atoms with Crippen LogP contribution in [0.1, 0.15) is 10.8 Å². The Balaban J connectivity index is 2.36. The number of thiophene rings is 1. The predicted octanol–water partition coefficient (Wildman–Crippen LogP) is 3.39. The fourth-order valence-corrected chi connectivity index (χ4v) is 1.86. The van der Waals surface area contributed by atoms with E-state index >= 15 is 0 Å². The summed E-state index contributed by atoms with van der Waals surface area (Å²) < 4.78 is 29.5. The lowest BCUT2D eigenvalue weighted by Gasteiger charge is -1.97. The summed E-state index contributed by atoms with van der Waals surface area (Å²) >= 11 is 6.13. The zero-order valence-corrected chi connectivity index (χ0v) is 9.07. The molecule has 0 saturated carbocycles. The highest BCUT2D eigenvalue weighted by atomic mass is 35.5. The molecule has 3 nitrogen and oxygen atoms in total. The Morgan fingerprint density at radius 3 is 2.67 bits per heavy atom. The summed E-state index contributed by atoms with van der Waals surface area (Å²) in [6.07, 6.45) is 0. The third-order valence-electron chi connectivity index (χ3n) is 1.63. The van der Waals surface area contributed by atoms with Crippen molar-refractivity contribution < 1.29 is 13.3 Å². The molecule has 0 spiro atoms. The van der Waals surface area contributed by atoms with Crippen LogP contribution in [-0.4, -0.2) is 10.1 Å². The summed E-state index contributed by atoms with van der Waals surface area (Å²) in [5.41, 5.74) is 0. The largest absolute Gasteiger partial charge is 0.400 e. The van der Waals surface area contributed by atoms with Crippen molar-refractivity contribution in [3.05, 3.63) is 22.9 Å². The summed E-state index contributed by atoms with van der Waals surface area (Å²) in [4.78, 5) is 5.22. The fraction of sp³-hybridized carbons (Fsp3) is 0.250. The summed E-state index contributed by atoms with van der Waals surface area (Å²) in [7, 11) is 0. The second kappa shape index (κ2) is 3.53. The van der Waals surface area contributed by atoms with Gasteiger partial charge in [0.2, 0.25) is 5.82 Å². The number of alkyl halides is 3. The van der Waals surface area contributed by atoms with Gasteiger partial charge in [0.1, 0.15) is 0 Å². The smallest absolute Gasteiger partial charge is 0.331 e. The zero-order valence-electron chi connectivity index (χ0n) is 7.50. The molecule has 0 unspecified atom stereocenters. The molecule has 0 fully saturated rings. The van der Waals surface area contributed by atoms with Crippen LogP contribution in [0.3, 0.4) is 0 Å². The van der Waals surface area contributed by atoms with Crippen molar-refractivity contribution in [3.8, 4) is 10.7 Å². The van der Waals surface area contributed by atoms with Gasteiger partial charge in [-0.05, 0) is 30.7 Å². The molecular weight excluding hydrogens is 246 g/mol. The van der Waals surface area contributed by atoms with E-state index in [1.807, 2.05) is 13.0 Å². The monoisotopic (exact) mass is 250 g/mol.